The predicted molar refractivity (Wildman–Crippen MR) is 85.0 cm³/mol. The van der Waals surface area contributed by atoms with Gasteiger partial charge < -0.3 is 4.90 Å². The van der Waals surface area contributed by atoms with Crippen LogP contribution in [0.5, 0.6) is 0 Å². The van der Waals surface area contributed by atoms with Gasteiger partial charge in [0.25, 0.3) is 5.91 Å². The third kappa shape index (κ3) is 3.72. The molecule has 1 aliphatic carbocycles. The third-order valence-corrected chi connectivity index (χ3v) is 5.68. The van der Waals surface area contributed by atoms with Crippen LogP contribution in [0.1, 0.15) is 36.0 Å². The average molecular weight is 340 g/mol. The van der Waals surface area contributed by atoms with Crippen molar-refractivity contribution in [3.8, 4) is 0 Å². The van der Waals surface area contributed by atoms with Crippen molar-refractivity contribution in [1.82, 2.24) is 9.62 Å². The Balaban J connectivity index is 1.54. The van der Waals surface area contributed by atoms with Crippen LogP contribution in [0.3, 0.4) is 0 Å². The molecule has 1 aromatic rings. The Hall–Kier alpha value is -1.47. The molecule has 0 atom stereocenters. The highest BCUT2D eigenvalue weighted by atomic mass is 32.2. The number of nitrogens with zero attached hydrogens (tertiary/aromatic N) is 1. The third-order valence-electron chi connectivity index (χ3n) is 4.92. The molecule has 1 spiro atoms. The summed E-state index contributed by atoms with van der Waals surface area (Å²) in [5, 5.41) is 0. The predicted octanol–water partition coefficient (Wildman–Crippen LogP) is 1.76. The largest absolute Gasteiger partial charge is 0.339 e. The van der Waals surface area contributed by atoms with Crippen LogP contribution >= 0.6 is 0 Å². The van der Waals surface area contributed by atoms with E-state index in [-0.39, 0.29) is 17.4 Å². The fourth-order valence-corrected chi connectivity index (χ4v) is 4.54. The van der Waals surface area contributed by atoms with E-state index in [2.05, 4.69) is 4.72 Å². The van der Waals surface area contributed by atoms with Gasteiger partial charge in [0.05, 0.1) is 6.26 Å². The topological polar surface area (TPSA) is 66.5 Å². The van der Waals surface area contributed by atoms with Gasteiger partial charge in [-0.2, -0.15) is 0 Å². The zero-order valence-corrected chi connectivity index (χ0v) is 13.9. The minimum absolute atomic E-state index is 0.0236. The fraction of sp³-hybridized carbons (Fsp3) is 0.562. The Morgan fingerprint density at radius 2 is 1.96 bits per heavy atom. The molecule has 23 heavy (non-hydrogen) atoms. The summed E-state index contributed by atoms with van der Waals surface area (Å²) in [6.07, 6.45) is 4.59. The first-order valence-electron chi connectivity index (χ1n) is 7.79. The van der Waals surface area contributed by atoms with Crippen molar-refractivity contribution in [2.75, 3.05) is 19.3 Å². The van der Waals surface area contributed by atoms with Crippen molar-refractivity contribution >= 4 is 15.9 Å². The van der Waals surface area contributed by atoms with E-state index in [9.17, 15) is 17.6 Å². The number of sulfonamides is 1. The molecule has 1 aliphatic heterocycles. The molecule has 126 valence electrons. The summed E-state index contributed by atoms with van der Waals surface area (Å²) in [5.74, 6) is -0.539. The number of nitrogens with one attached hydrogen (secondary N) is 1. The van der Waals surface area contributed by atoms with E-state index in [1.54, 1.807) is 17.0 Å². The van der Waals surface area contributed by atoms with Gasteiger partial charge >= 0.3 is 0 Å². The SMILES string of the molecule is CS(=O)(=O)NC1CC2(CCN(C(=O)c3cccc(F)c3)CC2)C1. The molecule has 7 heteroatoms. The second-order valence-electron chi connectivity index (χ2n) is 6.80. The highest BCUT2D eigenvalue weighted by Crippen LogP contribution is 2.49. The highest BCUT2D eigenvalue weighted by Gasteiger charge is 2.47. The van der Waals surface area contributed by atoms with Gasteiger partial charge in [0.15, 0.2) is 0 Å². The smallest absolute Gasteiger partial charge is 0.253 e. The molecule has 0 radical (unpaired) electrons. The number of piperidine rings is 1. The minimum Gasteiger partial charge on any atom is -0.339 e. The van der Waals surface area contributed by atoms with E-state index >= 15 is 0 Å². The second-order valence-corrected chi connectivity index (χ2v) is 8.58. The number of carbonyl (C=O) groups is 1. The van der Waals surface area contributed by atoms with Crippen molar-refractivity contribution in [3.05, 3.63) is 35.6 Å². The minimum atomic E-state index is -3.15. The van der Waals surface area contributed by atoms with Gasteiger partial charge in [0, 0.05) is 24.7 Å². The molecular weight excluding hydrogens is 319 g/mol. The number of hydrogen-bond acceptors (Lipinski definition) is 3. The summed E-state index contributed by atoms with van der Waals surface area (Å²) in [4.78, 5) is 14.2. The molecule has 0 aromatic heterocycles. The van der Waals surface area contributed by atoms with Gasteiger partial charge in [0.2, 0.25) is 10.0 Å². The first kappa shape index (κ1) is 16.4. The zero-order valence-electron chi connectivity index (χ0n) is 13.1. The maximum Gasteiger partial charge on any atom is 0.253 e. The number of carbonyl (C=O) groups excluding carboxylic acids is 1. The molecule has 1 saturated carbocycles. The van der Waals surface area contributed by atoms with Gasteiger partial charge in [-0.15, -0.1) is 0 Å². The molecule has 1 amide bonds. The highest BCUT2D eigenvalue weighted by molar-refractivity contribution is 7.88. The van der Waals surface area contributed by atoms with Gasteiger partial charge in [-0.3, -0.25) is 4.79 Å². The maximum absolute atomic E-state index is 13.2. The number of halogens is 1. The van der Waals surface area contributed by atoms with Crippen molar-refractivity contribution in [2.45, 2.75) is 31.7 Å². The molecule has 2 fully saturated rings. The van der Waals surface area contributed by atoms with Crippen LogP contribution < -0.4 is 4.72 Å². The van der Waals surface area contributed by atoms with Crippen LogP contribution in [0.25, 0.3) is 0 Å². The summed E-state index contributed by atoms with van der Waals surface area (Å²) in [5.41, 5.74) is 0.535. The lowest BCUT2D eigenvalue weighted by Crippen LogP contribution is -2.55. The Morgan fingerprint density at radius 3 is 2.52 bits per heavy atom. The number of hydrogen-bond donors (Lipinski definition) is 1. The van der Waals surface area contributed by atoms with Crippen molar-refractivity contribution in [1.29, 1.82) is 0 Å². The summed E-state index contributed by atoms with van der Waals surface area (Å²) in [6.45, 7) is 1.28. The summed E-state index contributed by atoms with van der Waals surface area (Å²) in [6, 6.07) is 5.79. The lowest BCUT2D eigenvalue weighted by Gasteiger charge is -2.52. The van der Waals surface area contributed by atoms with E-state index in [0.717, 1.165) is 25.7 Å². The van der Waals surface area contributed by atoms with Crippen LogP contribution in [0.2, 0.25) is 0 Å². The quantitative estimate of drug-likeness (QED) is 0.912. The average Bonchev–Trinajstić information content (AvgIpc) is 2.44. The van der Waals surface area contributed by atoms with E-state index in [0.29, 0.717) is 18.7 Å². The monoisotopic (exact) mass is 340 g/mol. The number of benzene rings is 1. The van der Waals surface area contributed by atoms with Gasteiger partial charge in [-0.25, -0.2) is 17.5 Å². The molecule has 1 aromatic carbocycles. The Bertz CT molecular complexity index is 704. The Labute approximate surface area is 135 Å². The molecule has 0 bridgehead atoms. The van der Waals surface area contributed by atoms with Crippen LogP contribution in [0, 0.1) is 11.2 Å². The Morgan fingerprint density at radius 1 is 1.30 bits per heavy atom. The van der Waals surface area contributed by atoms with Crippen LogP contribution in [-0.4, -0.2) is 44.6 Å². The number of rotatable bonds is 3. The molecule has 2 aliphatic rings. The molecule has 0 unspecified atom stereocenters. The first-order chi connectivity index (χ1) is 10.8. The second kappa shape index (κ2) is 5.87. The van der Waals surface area contributed by atoms with Crippen molar-refractivity contribution < 1.29 is 17.6 Å². The molecule has 1 saturated heterocycles. The Kier molecular flexibility index (Phi) is 4.18. The van der Waals surface area contributed by atoms with E-state index in [4.69, 9.17) is 0 Å². The van der Waals surface area contributed by atoms with Gasteiger partial charge in [-0.05, 0) is 49.3 Å². The van der Waals surface area contributed by atoms with Crippen LogP contribution in [0.15, 0.2) is 24.3 Å². The maximum atomic E-state index is 13.2. The van der Waals surface area contributed by atoms with Crippen molar-refractivity contribution in [2.24, 2.45) is 5.41 Å². The molecule has 3 rings (SSSR count). The zero-order chi connectivity index (χ0) is 16.7. The van der Waals surface area contributed by atoms with Gasteiger partial charge in [-0.1, -0.05) is 6.07 Å². The standard InChI is InChI=1S/C16H21FN2O3S/c1-23(21,22)18-14-10-16(11-14)5-7-19(8-6-16)15(20)12-3-2-4-13(17)9-12/h2-4,9,14,18H,5-8,10-11H2,1H3. The fourth-order valence-electron chi connectivity index (χ4n) is 3.77. The van der Waals surface area contributed by atoms with Crippen LogP contribution in [0.4, 0.5) is 4.39 Å². The molecule has 1 heterocycles. The number of amides is 1. The van der Waals surface area contributed by atoms with E-state index < -0.39 is 15.8 Å². The molecule has 5 nitrogen and oxygen atoms in total. The summed E-state index contributed by atoms with van der Waals surface area (Å²) in [7, 11) is -3.15. The van der Waals surface area contributed by atoms with Crippen LogP contribution in [-0.2, 0) is 10.0 Å². The summed E-state index contributed by atoms with van der Waals surface area (Å²) >= 11 is 0. The summed E-state index contributed by atoms with van der Waals surface area (Å²) < 4.78 is 38.3. The molecule has 1 N–H and O–H groups in total. The van der Waals surface area contributed by atoms with Crippen molar-refractivity contribution in [3.63, 3.8) is 0 Å². The lowest BCUT2D eigenvalue weighted by molar-refractivity contribution is 0.0138. The van der Waals surface area contributed by atoms with E-state index in [1.807, 2.05) is 0 Å². The van der Waals surface area contributed by atoms with Gasteiger partial charge in [0.1, 0.15) is 5.82 Å². The lowest BCUT2D eigenvalue weighted by atomic mass is 9.60. The van der Waals surface area contributed by atoms with E-state index in [1.165, 1.54) is 18.4 Å². The number of likely N-dealkylation sites (tertiary alicyclic amines) is 1. The molecular formula is C16H21FN2O3S. The normalized spacial score (nSPS) is 21.2. The first-order valence-corrected chi connectivity index (χ1v) is 9.68.